The molecule has 1 rings (SSSR count). The Bertz CT molecular complexity index is 231. The standard InChI is InChI=1S/C9H15NO3/c1-9(2,8(12)13-3)10-7(11)6-4-5-6/h6H,4-5H2,1-3H3,(H,10,11). The largest absolute Gasteiger partial charge is 0.467 e. The first-order valence-electron chi connectivity index (χ1n) is 4.38. The highest BCUT2D eigenvalue weighted by molar-refractivity contribution is 5.89. The number of hydrogen-bond donors (Lipinski definition) is 1. The van der Waals surface area contributed by atoms with Crippen LogP contribution in [0.2, 0.25) is 0 Å². The van der Waals surface area contributed by atoms with Crippen molar-refractivity contribution >= 4 is 11.9 Å². The Morgan fingerprint density at radius 1 is 1.38 bits per heavy atom. The van der Waals surface area contributed by atoms with E-state index in [0.717, 1.165) is 12.8 Å². The number of ether oxygens (including phenoxy) is 1. The average molecular weight is 185 g/mol. The molecule has 4 nitrogen and oxygen atoms in total. The third kappa shape index (κ3) is 2.44. The van der Waals surface area contributed by atoms with Crippen LogP contribution in [0.25, 0.3) is 0 Å². The van der Waals surface area contributed by atoms with Crippen molar-refractivity contribution in [3.05, 3.63) is 0 Å². The molecule has 0 radical (unpaired) electrons. The third-order valence-electron chi connectivity index (χ3n) is 2.08. The van der Waals surface area contributed by atoms with Gasteiger partial charge in [-0.15, -0.1) is 0 Å². The number of carbonyl (C=O) groups excluding carboxylic acids is 2. The van der Waals surface area contributed by atoms with Gasteiger partial charge in [-0.1, -0.05) is 0 Å². The van der Waals surface area contributed by atoms with Gasteiger partial charge >= 0.3 is 5.97 Å². The minimum Gasteiger partial charge on any atom is -0.467 e. The number of carbonyl (C=O) groups is 2. The second-order valence-electron chi connectivity index (χ2n) is 3.88. The highest BCUT2D eigenvalue weighted by atomic mass is 16.5. The van der Waals surface area contributed by atoms with E-state index in [-0.39, 0.29) is 11.8 Å². The predicted octanol–water partition coefficient (Wildman–Crippen LogP) is 0.464. The predicted molar refractivity (Wildman–Crippen MR) is 47.0 cm³/mol. The summed E-state index contributed by atoms with van der Waals surface area (Å²) in [6.07, 6.45) is 1.87. The lowest BCUT2D eigenvalue weighted by Crippen LogP contribution is -2.50. The molecule has 0 aromatic rings. The fourth-order valence-corrected chi connectivity index (χ4v) is 1.06. The van der Waals surface area contributed by atoms with Crippen LogP contribution in [0.1, 0.15) is 26.7 Å². The summed E-state index contributed by atoms with van der Waals surface area (Å²) in [6.45, 7) is 3.28. The molecule has 1 fully saturated rings. The van der Waals surface area contributed by atoms with Gasteiger partial charge in [0.15, 0.2) is 0 Å². The summed E-state index contributed by atoms with van der Waals surface area (Å²) in [6, 6.07) is 0. The van der Waals surface area contributed by atoms with E-state index in [1.807, 2.05) is 0 Å². The molecule has 74 valence electrons. The molecule has 1 amide bonds. The number of nitrogens with one attached hydrogen (secondary N) is 1. The number of hydrogen-bond acceptors (Lipinski definition) is 3. The summed E-state index contributed by atoms with van der Waals surface area (Å²) in [5, 5.41) is 2.66. The molecule has 1 saturated carbocycles. The number of methoxy groups -OCH3 is 1. The van der Waals surface area contributed by atoms with Gasteiger partial charge in [0.05, 0.1) is 7.11 Å². The van der Waals surface area contributed by atoms with E-state index < -0.39 is 11.5 Å². The Hall–Kier alpha value is -1.06. The van der Waals surface area contributed by atoms with Gasteiger partial charge in [0.1, 0.15) is 5.54 Å². The molecule has 0 aliphatic heterocycles. The summed E-state index contributed by atoms with van der Waals surface area (Å²) >= 11 is 0. The van der Waals surface area contributed by atoms with Crippen molar-refractivity contribution in [2.75, 3.05) is 7.11 Å². The quantitative estimate of drug-likeness (QED) is 0.650. The van der Waals surface area contributed by atoms with Crippen LogP contribution in [0.5, 0.6) is 0 Å². The maximum absolute atomic E-state index is 11.3. The molecule has 0 aromatic heterocycles. The first kappa shape index (κ1) is 10.0. The summed E-state index contributed by atoms with van der Waals surface area (Å²) in [4.78, 5) is 22.5. The Morgan fingerprint density at radius 2 is 1.92 bits per heavy atom. The highest BCUT2D eigenvalue weighted by Gasteiger charge is 2.36. The maximum Gasteiger partial charge on any atom is 0.330 e. The second kappa shape index (κ2) is 3.36. The van der Waals surface area contributed by atoms with E-state index in [1.54, 1.807) is 13.8 Å². The smallest absolute Gasteiger partial charge is 0.330 e. The molecular weight excluding hydrogens is 170 g/mol. The zero-order valence-corrected chi connectivity index (χ0v) is 8.22. The van der Waals surface area contributed by atoms with E-state index in [2.05, 4.69) is 10.1 Å². The van der Waals surface area contributed by atoms with Gasteiger partial charge in [-0.2, -0.15) is 0 Å². The molecule has 0 atom stereocenters. The summed E-state index contributed by atoms with van der Waals surface area (Å²) < 4.78 is 4.56. The number of esters is 1. The van der Waals surface area contributed by atoms with Crippen LogP contribution in [-0.2, 0) is 14.3 Å². The lowest BCUT2D eigenvalue weighted by atomic mass is 10.1. The SMILES string of the molecule is COC(=O)C(C)(C)NC(=O)C1CC1. The van der Waals surface area contributed by atoms with Gasteiger partial charge in [0, 0.05) is 5.92 Å². The Balaban J connectivity index is 2.49. The molecule has 1 N–H and O–H groups in total. The van der Waals surface area contributed by atoms with Crippen LogP contribution in [-0.4, -0.2) is 24.5 Å². The van der Waals surface area contributed by atoms with Gasteiger partial charge in [-0.05, 0) is 26.7 Å². The Labute approximate surface area is 77.6 Å². The average Bonchev–Trinajstić information content (AvgIpc) is 2.84. The summed E-state index contributed by atoms with van der Waals surface area (Å²) in [5.41, 5.74) is -0.908. The molecule has 0 bridgehead atoms. The van der Waals surface area contributed by atoms with Crippen molar-refractivity contribution in [2.24, 2.45) is 5.92 Å². The van der Waals surface area contributed by atoms with Crippen molar-refractivity contribution < 1.29 is 14.3 Å². The lowest BCUT2D eigenvalue weighted by Gasteiger charge is -2.22. The molecular formula is C9H15NO3. The van der Waals surface area contributed by atoms with Gasteiger partial charge in [0.25, 0.3) is 0 Å². The first-order chi connectivity index (χ1) is 5.97. The molecule has 0 aromatic carbocycles. The summed E-state index contributed by atoms with van der Waals surface area (Å²) in [7, 11) is 1.31. The topological polar surface area (TPSA) is 55.4 Å². The molecule has 13 heavy (non-hydrogen) atoms. The van der Waals surface area contributed by atoms with Crippen LogP contribution in [0.3, 0.4) is 0 Å². The molecule has 0 unspecified atom stereocenters. The monoisotopic (exact) mass is 185 g/mol. The van der Waals surface area contributed by atoms with Crippen LogP contribution >= 0.6 is 0 Å². The van der Waals surface area contributed by atoms with E-state index in [4.69, 9.17) is 0 Å². The molecule has 0 saturated heterocycles. The normalized spacial score (nSPS) is 16.5. The first-order valence-corrected chi connectivity index (χ1v) is 4.38. The van der Waals surface area contributed by atoms with Crippen LogP contribution in [0.15, 0.2) is 0 Å². The van der Waals surface area contributed by atoms with E-state index in [9.17, 15) is 9.59 Å². The van der Waals surface area contributed by atoms with Crippen molar-refractivity contribution in [3.63, 3.8) is 0 Å². The zero-order chi connectivity index (χ0) is 10.1. The van der Waals surface area contributed by atoms with E-state index in [1.165, 1.54) is 7.11 Å². The number of rotatable bonds is 3. The van der Waals surface area contributed by atoms with Crippen molar-refractivity contribution in [1.29, 1.82) is 0 Å². The Kier molecular flexibility index (Phi) is 2.59. The minimum atomic E-state index is -0.908. The van der Waals surface area contributed by atoms with Crippen molar-refractivity contribution in [1.82, 2.24) is 5.32 Å². The minimum absolute atomic E-state index is 0.0459. The van der Waals surface area contributed by atoms with Crippen LogP contribution in [0.4, 0.5) is 0 Å². The zero-order valence-electron chi connectivity index (χ0n) is 8.22. The van der Waals surface area contributed by atoms with Crippen LogP contribution in [0, 0.1) is 5.92 Å². The number of amides is 1. The Morgan fingerprint density at radius 3 is 2.31 bits per heavy atom. The van der Waals surface area contributed by atoms with Gasteiger partial charge in [-0.25, -0.2) is 4.79 Å². The van der Waals surface area contributed by atoms with Gasteiger partial charge in [-0.3, -0.25) is 4.79 Å². The third-order valence-corrected chi connectivity index (χ3v) is 2.08. The fourth-order valence-electron chi connectivity index (χ4n) is 1.06. The summed E-state index contributed by atoms with van der Waals surface area (Å²) in [5.74, 6) is -0.346. The fraction of sp³-hybridized carbons (Fsp3) is 0.778. The van der Waals surface area contributed by atoms with E-state index in [0.29, 0.717) is 0 Å². The molecule has 1 aliphatic carbocycles. The molecule has 0 spiro atoms. The van der Waals surface area contributed by atoms with Crippen molar-refractivity contribution in [3.8, 4) is 0 Å². The highest BCUT2D eigenvalue weighted by Crippen LogP contribution is 2.29. The van der Waals surface area contributed by atoms with Crippen LogP contribution < -0.4 is 5.32 Å². The van der Waals surface area contributed by atoms with E-state index >= 15 is 0 Å². The lowest BCUT2D eigenvalue weighted by molar-refractivity contribution is -0.149. The molecule has 1 aliphatic rings. The van der Waals surface area contributed by atoms with Gasteiger partial charge < -0.3 is 10.1 Å². The van der Waals surface area contributed by atoms with Crippen molar-refractivity contribution in [2.45, 2.75) is 32.2 Å². The second-order valence-corrected chi connectivity index (χ2v) is 3.88. The maximum atomic E-state index is 11.3. The van der Waals surface area contributed by atoms with Gasteiger partial charge in [0.2, 0.25) is 5.91 Å². The molecule has 0 heterocycles. The molecule has 4 heteroatoms.